The van der Waals surface area contributed by atoms with Crippen molar-refractivity contribution in [3.05, 3.63) is 68.4 Å². The molecule has 0 aliphatic heterocycles. The van der Waals surface area contributed by atoms with Crippen LogP contribution in [-0.2, 0) is 0 Å². The SMILES string of the molecule is CNC(c1cc(Cl)ccc1Cl)c1cccc(F)c1Cl. The molecule has 1 unspecified atom stereocenters. The van der Waals surface area contributed by atoms with E-state index in [1.807, 2.05) is 0 Å². The molecular formula is C14H11Cl3FN. The molecular weight excluding hydrogens is 308 g/mol. The summed E-state index contributed by atoms with van der Waals surface area (Å²) in [4.78, 5) is 0. The molecule has 2 rings (SSSR count). The Morgan fingerprint density at radius 1 is 1.05 bits per heavy atom. The van der Waals surface area contributed by atoms with E-state index in [2.05, 4.69) is 5.32 Å². The Morgan fingerprint density at radius 3 is 2.47 bits per heavy atom. The van der Waals surface area contributed by atoms with Crippen molar-refractivity contribution in [1.29, 1.82) is 0 Å². The van der Waals surface area contributed by atoms with Crippen LogP contribution >= 0.6 is 34.8 Å². The molecule has 0 aromatic heterocycles. The molecule has 0 amide bonds. The van der Waals surface area contributed by atoms with E-state index in [0.29, 0.717) is 15.6 Å². The minimum atomic E-state index is -0.461. The molecule has 0 fully saturated rings. The van der Waals surface area contributed by atoms with Crippen LogP contribution in [-0.4, -0.2) is 7.05 Å². The molecule has 1 N–H and O–H groups in total. The highest BCUT2D eigenvalue weighted by molar-refractivity contribution is 6.34. The van der Waals surface area contributed by atoms with Gasteiger partial charge in [-0.1, -0.05) is 46.9 Å². The first-order chi connectivity index (χ1) is 9.04. The number of benzene rings is 2. The monoisotopic (exact) mass is 317 g/mol. The van der Waals surface area contributed by atoms with Crippen molar-refractivity contribution in [1.82, 2.24) is 5.32 Å². The largest absolute Gasteiger partial charge is 0.309 e. The number of hydrogen-bond donors (Lipinski definition) is 1. The first-order valence-electron chi connectivity index (χ1n) is 5.60. The van der Waals surface area contributed by atoms with Gasteiger partial charge in [0.2, 0.25) is 0 Å². The zero-order valence-corrected chi connectivity index (χ0v) is 12.3. The number of hydrogen-bond acceptors (Lipinski definition) is 1. The van der Waals surface area contributed by atoms with Gasteiger partial charge < -0.3 is 5.32 Å². The van der Waals surface area contributed by atoms with E-state index in [-0.39, 0.29) is 11.1 Å². The molecule has 19 heavy (non-hydrogen) atoms. The summed E-state index contributed by atoms with van der Waals surface area (Å²) in [5.74, 6) is -0.461. The normalized spacial score (nSPS) is 12.5. The second kappa shape index (κ2) is 6.10. The molecule has 0 radical (unpaired) electrons. The highest BCUT2D eigenvalue weighted by Gasteiger charge is 2.19. The summed E-state index contributed by atoms with van der Waals surface area (Å²) in [5.41, 5.74) is 1.37. The number of rotatable bonds is 3. The number of nitrogens with one attached hydrogen (secondary N) is 1. The zero-order valence-electron chi connectivity index (χ0n) is 10.1. The van der Waals surface area contributed by atoms with Gasteiger partial charge in [0.25, 0.3) is 0 Å². The Kier molecular flexibility index (Phi) is 4.69. The average molecular weight is 319 g/mol. The van der Waals surface area contributed by atoms with Gasteiger partial charge in [0.1, 0.15) is 5.82 Å². The van der Waals surface area contributed by atoms with Crippen LogP contribution in [0.3, 0.4) is 0 Å². The lowest BCUT2D eigenvalue weighted by Crippen LogP contribution is -2.18. The first-order valence-corrected chi connectivity index (χ1v) is 6.74. The predicted octanol–water partition coefficient (Wildman–Crippen LogP) is 5.09. The fourth-order valence-electron chi connectivity index (χ4n) is 1.96. The van der Waals surface area contributed by atoms with Gasteiger partial charge in [0.05, 0.1) is 11.1 Å². The summed E-state index contributed by atoms with van der Waals surface area (Å²) in [6.07, 6.45) is 0. The second-order valence-corrected chi connectivity index (χ2v) is 5.25. The molecule has 0 spiro atoms. The zero-order chi connectivity index (χ0) is 14.0. The van der Waals surface area contributed by atoms with Crippen molar-refractivity contribution in [2.24, 2.45) is 0 Å². The highest BCUT2D eigenvalue weighted by Crippen LogP contribution is 2.34. The average Bonchev–Trinajstić information content (AvgIpc) is 2.39. The van der Waals surface area contributed by atoms with Crippen molar-refractivity contribution in [3.63, 3.8) is 0 Å². The van der Waals surface area contributed by atoms with Crippen LogP contribution < -0.4 is 5.32 Å². The highest BCUT2D eigenvalue weighted by atomic mass is 35.5. The van der Waals surface area contributed by atoms with Gasteiger partial charge in [-0.2, -0.15) is 0 Å². The van der Waals surface area contributed by atoms with Crippen LogP contribution in [0.5, 0.6) is 0 Å². The molecule has 1 atom stereocenters. The fraction of sp³-hybridized carbons (Fsp3) is 0.143. The van der Waals surface area contributed by atoms with Crippen molar-refractivity contribution in [2.75, 3.05) is 7.05 Å². The summed E-state index contributed by atoms with van der Waals surface area (Å²) in [5, 5.41) is 4.27. The quantitative estimate of drug-likeness (QED) is 0.830. The van der Waals surface area contributed by atoms with E-state index in [1.54, 1.807) is 37.4 Å². The predicted molar refractivity (Wildman–Crippen MR) is 78.8 cm³/mol. The molecule has 0 saturated heterocycles. The lowest BCUT2D eigenvalue weighted by atomic mass is 9.98. The van der Waals surface area contributed by atoms with E-state index in [1.165, 1.54) is 6.07 Å². The van der Waals surface area contributed by atoms with Crippen molar-refractivity contribution < 1.29 is 4.39 Å². The third-order valence-electron chi connectivity index (χ3n) is 2.85. The summed E-state index contributed by atoms with van der Waals surface area (Å²) in [6.45, 7) is 0. The Labute approximate surface area is 126 Å². The second-order valence-electron chi connectivity index (χ2n) is 4.03. The lowest BCUT2D eigenvalue weighted by molar-refractivity contribution is 0.617. The minimum absolute atomic E-state index is 0.0814. The minimum Gasteiger partial charge on any atom is -0.309 e. The molecule has 1 nitrogen and oxygen atoms in total. The molecule has 100 valence electrons. The smallest absolute Gasteiger partial charge is 0.142 e. The van der Waals surface area contributed by atoms with Crippen LogP contribution in [0, 0.1) is 5.82 Å². The van der Waals surface area contributed by atoms with Crippen LogP contribution in [0.25, 0.3) is 0 Å². The molecule has 0 heterocycles. The van der Waals surface area contributed by atoms with Crippen LogP contribution in [0.4, 0.5) is 4.39 Å². The topological polar surface area (TPSA) is 12.0 Å². The molecule has 0 aliphatic rings. The van der Waals surface area contributed by atoms with Crippen LogP contribution in [0.2, 0.25) is 15.1 Å². The third kappa shape index (κ3) is 3.03. The first kappa shape index (κ1) is 14.6. The summed E-state index contributed by atoms with van der Waals surface area (Å²) >= 11 is 18.2. The summed E-state index contributed by atoms with van der Waals surface area (Å²) < 4.78 is 13.6. The molecule has 0 aliphatic carbocycles. The maximum atomic E-state index is 13.6. The third-order valence-corrected chi connectivity index (χ3v) is 3.83. The Balaban J connectivity index is 2.56. The van der Waals surface area contributed by atoms with Gasteiger partial charge in [-0.05, 0) is 42.4 Å². The Bertz CT molecular complexity index is 599. The van der Waals surface area contributed by atoms with Gasteiger partial charge in [0.15, 0.2) is 0 Å². The van der Waals surface area contributed by atoms with E-state index in [9.17, 15) is 4.39 Å². The molecule has 0 saturated carbocycles. The van der Waals surface area contributed by atoms with Gasteiger partial charge in [-0.15, -0.1) is 0 Å². The van der Waals surface area contributed by atoms with E-state index in [0.717, 1.165) is 5.56 Å². The maximum Gasteiger partial charge on any atom is 0.142 e. The van der Waals surface area contributed by atoms with Crippen LogP contribution in [0.15, 0.2) is 36.4 Å². The number of halogens is 4. The molecule has 2 aromatic carbocycles. The van der Waals surface area contributed by atoms with E-state index in [4.69, 9.17) is 34.8 Å². The summed E-state index contributed by atoms with van der Waals surface area (Å²) in [7, 11) is 1.75. The van der Waals surface area contributed by atoms with Crippen LogP contribution in [0.1, 0.15) is 17.2 Å². The standard InChI is InChI=1S/C14H11Cl3FN/c1-19-14(9-3-2-4-12(18)13(9)17)10-7-8(15)5-6-11(10)16/h2-7,14,19H,1H3. The van der Waals surface area contributed by atoms with Crippen molar-refractivity contribution >= 4 is 34.8 Å². The van der Waals surface area contributed by atoms with E-state index < -0.39 is 5.82 Å². The van der Waals surface area contributed by atoms with Gasteiger partial charge in [-0.3, -0.25) is 0 Å². The molecule has 2 aromatic rings. The van der Waals surface area contributed by atoms with Crippen molar-refractivity contribution in [3.8, 4) is 0 Å². The Morgan fingerprint density at radius 2 is 1.79 bits per heavy atom. The van der Waals surface area contributed by atoms with E-state index >= 15 is 0 Å². The van der Waals surface area contributed by atoms with Gasteiger partial charge >= 0.3 is 0 Å². The summed E-state index contributed by atoms with van der Waals surface area (Å²) in [6, 6.07) is 9.51. The Hall–Kier alpha value is -0.800. The molecule has 0 bridgehead atoms. The van der Waals surface area contributed by atoms with Gasteiger partial charge in [0, 0.05) is 10.0 Å². The van der Waals surface area contributed by atoms with Gasteiger partial charge in [-0.25, -0.2) is 4.39 Å². The maximum absolute atomic E-state index is 13.6. The molecule has 5 heteroatoms. The fourth-order valence-corrected chi connectivity index (χ4v) is 2.60. The lowest BCUT2D eigenvalue weighted by Gasteiger charge is -2.20. The van der Waals surface area contributed by atoms with Crippen molar-refractivity contribution in [2.45, 2.75) is 6.04 Å².